The first kappa shape index (κ1) is 16.1. The monoisotopic (exact) mass is 306 g/mol. The van der Waals surface area contributed by atoms with Gasteiger partial charge in [0.25, 0.3) is 0 Å². The molecular formula is C16H22N2O4. The van der Waals surface area contributed by atoms with E-state index in [1.165, 1.54) is 0 Å². The van der Waals surface area contributed by atoms with E-state index in [1.807, 2.05) is 31.2 Å². The Morgan fingerprint density at radius 3 is 2.77 bits per heavy atom. The predicted molar refractivity (Wildman–Crippen MR) is 83.0 cm³/mol. The van der Waals surface area contributed by atoms with Gasteiger partial charge in [0, 0.05) is 13.1 Å². The lowest BCUT2D eigenvalue weighted by Crippen LogP contribution is -2.47. The molecule has 2 rings (SSSR count). The number of nitrogens with one attached hydrogen (secondary N) is 1. The third-order valence-electron chi connectivity index (χ3n) is 3.90. The van der Waals surface area contributed by atoms with Gasteiger partial charge in [0.05, 0.1) is 25.3 Å². The largest absolute Gasteiger partial charge is 0.495 e. The van der Waals surface area contributed by atoms with Crippen LogP contribution in [0.25, 0.3) is 0 Å². The lowest BCUT2D eigenvalue weighted by molar-refractivity contribution is -0.146. The molecule has 22 heavy (non-hydrogen) atoms. The normalized spacial score (nSPS) is 21.3. The zero-order valence-electron chi connectivity index (χ0n) is 12.9. The topological polar surface area (TPSA) is 78.9 Å². The van der Waals surface area contributed by atoms with E-state index in [9.17, 15) is 9.59 Å². The highest BCUT2D eigenvalue weighted by Crippen LogP contribution is 2.24. The smallest absolute Gasteiger partial charge is 0.308 e. The number of carbonyl (C=O) groups is 2. The molecule has 0 bridgehead atoms. The van der Waals surface area contributed by atoms with Crippen LogP contribution in [0, 0.1) is 11.8 Å². The first-order valence-electron chi connectivity index (χ1n) is 7.38. The van der Waals surface area contributed by atoms with Crippen LogP contribution in [0.2, 0.25) is 0 Å². The van der Waals surface area contributed by atoms with Gasteiger partial charge in [-0.15, -0.1) is 0 Å². The number of ether oxygens (including phenoxy) is 1. The summed E-state index contributed by atoms with van der Waals surface area (Å²) >= 11 is 0. The molecule has 1 heterocycles. The SMILES string of the molecule is COc1ccccc1NCC(=O)N1CC(C)CC(C(=O)O)C1. The molecule has 1 aliphatic heterocycles. The summed E-state index contributed by atoms with van der Waals surface area (Å²) in [6.45, 7) is 2.99. The number of anilines is 1. The Balaban J connectivity index is 1.95. The van der Waals surface area contributed by atoms with Crippen LogP contribution in [0.15, 0.2) is 24.3 Å². The van der Waals surface area contributed by atoms with Crippen molar-refractivity contribution in [3.63, 3.8) is 0 Å². The zero-order chi connectivity index (χ0) is 16.1. The fourth-order valence-electron chi connectivity index (χ4n) is 2.81. The van der Waals surface area contributed by atoms with E-state index >= 15 is 0 Å². The molecule has 6 nitrogen and oxygen atoms in total. The maximum absolute atomic E-state index is 12.3. The number of piperidine rings is 1. The first-order valence-corrected chi connectivity index (χ1v) is 7.38. The second-order valence-corrected chi connectivity index (χ2v) is 5.73. The van der Waals surface area contributed by atoms with E-state index in [4.69, 9.17) is 9.84 Å². The molecule has 0 aliphatic carbocycles. The number of rotatable bonds is 5. The molecule has 2 unspecified atom stereocenters. The summed E-state index contributed by atoms with van der Waals surface area (Å²) in [5.74, 6) is -0.527. The molecule has 1 aromatic rings. The number of para-hydroxylation sites is 2. The molecule has 1 aromatic carbocycles. The summed E-state index contributed by atoms with van der Waals surface area (Å²) in [4.78, 5) is 25.1. The average Bonchev–Trinajstić information content (AvgIpc) is 2.52. The van der Waals surface area contributed by atoms with Crippen LogP contribution in [-0.2, 0) is 9.59 Å². The second-order valence-electron chi connectivity index (χ2n) is 5.73. The number of nitrogens with zero attached hydrogens (tertiary/aromatic N) is 1. The highest BCUT2D eigenvalue weighted by molar-refractivity contribution is 5.82. The van der Waals surface area contributed by atoms with Crippen LogP contribution < -0.4 is 10.1 Å². The number of hydrogen-bond acceptors (Lipinski definition) is 4. The third-order valence-corrected chi connectivity index (χ3v) is 3.90. The fraction of sp³-hybridized carbons (Fsp3) is 0.500. The number of amides is 1. The molecule has 6 heteroatoms. The number of methoxy groups -OCH3 is 1. The van der Waals surface area contributed by atoms with Gasteiger partial charge in [0.2, 0.25) is 5.91 Å². The molecule has 2 N–H and O–H groups in total. The number of aliphatic carboxylic acids is 1. The van der Waals surface area contributed by atoms with Gasteiger partial charge in [0.1, 0.15) is 5.75 Å². The van der Waals surface area contributed by atoms with Gasteiger partial charge >= 0.3 is 5.97 Å². The van der Waals surface area contributed by atoms with Crippen molar-refractivity contribution < 1.29 is 19.4 Å². The quantitative estimate of drug-likeness (QED) is 0.865. The van der Waals surface area contributed by atoms with Crippen molar-refractivity contribution in [2.75, 3.05) is 32.1 Å². The average molecular weight is 306 g/mol. The summed E-state index contributed by atoms with van der Waals surface area (Å²) in [7, 11) is 1.58. The third kappa shape index (κ3) is 3.90. The molecule has 1 amide bonds. The van der Waals surface area contributed by atoms with Gasteiger partial charge in [0.15, 0.2) is 0 Å². The molecule has 1 fully saturated rings. The summed E-state index contributed by atoms with van der Waals surface area (Å²) in [6, 6.07) is 7.37. The van der Waals surface area contributed by atoms with Crippen LogP contribution in [0.1, 0.15) is 13.3 Å². The molecule has 1 aliphatic rings. The van der Waals surface area contributed by atoms with Crippen molar-refractivity contribution in [1.29, 1.82) is 0 Å². The maximum atomic E-state index is 12.3. The fourth-order valence-corrected chi connectivity index (χ4v) is 2.81. The first-order chi connectivity index (χ1) is 10.5. The zero-order valence-corrected chi connectivity index (χ0v) is 12.9. The predicted octanol–water partition coefficient (Wildman–Crippen LogP) is 1.68. The molecule has 0 aromatic heterocycles. The van der Waals surface area contributed by atoms with Crippen LogP contribution in [-0.4, -0.2) is 48.6 Å². The van der Waals surface area contributed by atoms with Gasteiger partial charge in [-0.3, -0.25) is 9.59 Å². The Morgan fingerprint density at radius 1 is 1.36 bits per heavy atom. The van der Waals surface area contributed by atoms with Crippen molar-refractivity contribution in [1.82, 2.24) is 4.90 Å². The number of benzene rings is 1. The summed E-state index contributed by atoms with van der Waals surface area (Å²) in [5, 5.41) is 12.2. The second kappa shape index (κ2) is 7.15. The molecule has 1 saturated heterocycles. The van der Waals surface area contributed by atoms with Gasteiger partial charge in [-0.1, -0.05) is 19.1 Å². The van der Waals surface area contributed by atoms with Crippen LogP contribution >= 0.6 is 0 Å². The maximum Gasteiger partial charge on any atom is 0.308 e. The van der Waals surface area contributed by atoms with Gasteiger partial charge < -0.3 is 20.1 Å². The molecule has 0 spiro atoms. The minimum absolute atomic E-state index is 0.0938. The lowest BCUT2D eigenvalue weighted by Gasteiger charge is -2.34. The number of carbonyl (C=O) groups excluding carboxylic acids is 1. The van der Waals surface area contributed by atoms with E-state index in [1.54, 1.807) is 12.0 Å². The Hall–Kier alpha value is -2.24. The highest BCUT2D eigenvalue weighted by atomic mass is 16.5. The van der Waals surface area contributed by atoms with E-state index in [0.717, 1.165) is 5.69 Å². The molecule has 0 saturated carbocycles. The Kier molecular flexibility index (Phi) is 5.25. The van der Waals surface area contributed by atoms with Gasteiger partial charge in [-0.2, -0.15) is 0 Å². The Bertz CT molecular complexity index is 547. The molecule has 120 valence electrons. The van der Waals surface area contributed by atoms with E-state index in [0.29, 0.717) is 18.7 Å². The standard InChI is InChI=1S/C16H22N2O4/c1-11-7-12(16(20)21)10-18(9-11)15(19)8-17-13-5-3-4-6-14(13)22-2/h3-6,11-12,17H,7-10H2,1-2H3,(H,20,21). The summed E-state index contributed by atoms with van der Waals surface area (Å²) < 4.78 is 5.22. The van der Waals surface area contributed by atoms with Gasteiger partial charge in [-0.05, 0) is 24.5 Å². The number of likely N-dealkylation sites (tertiary alicyclic amines) is 1. The van der Waals surface area contributed by atoms with Crippen molar-refractivity contribution in [2.45, 2.75) is 13.3 Å². The highest BCUT2D eigenvalue weighted by Gasteiger charge is 2.31. The van der Waals surface area contributed by atoms with Crippen LogP contribution in [0.4, 0.5) is 5.69 Å². The molecule has 2 atom stereocenters. The van der Waals surface area contributed by atoms with Crippen molar-refractivity contribution in [3.8, 4) is 5.75 Å². The van der Waals surface area contributed by atoms with Crippen molar-refractivity contribution >= 4 is 17.6 Å². The van der Waals surface area contributed by atoms with Crippen LogP contribution in [0.3, 0.4) is 0 Å². The van der Waals surface area contributed by atoms with Gasteiger partial charge in [-0.25, -0.2) is 0 Å². The minimum Gasteiger partial charge on any atom is -0.495 e. The molecular weight excluding hydrogens is 284 g/mol. The molecule has 0 radical (unpaired) electrons. The number of carboxylic acids is 1. The number of hydrogen-bond donors (Lipinski definition) is 2. The Morgan fingerprint density at radius 2 is 2.09 bits per heavy atom. The number of carboxylic acid groups (broad SMARTS) is 1. The minimum atomic E-state index is -0.831. The van der Waals surface area contributed by atoms with Crippen molar-refractivity contribution in [2.24, 2.45) is 11.8 Å². The lowest BCUT2D eigenvalue weighted by atomic mass is 9.90. The summed E-state index contributed by atoms with van der Waals surface area (Å²) in [6.07, 6.45) is 0.624. The van der Waals surface area contributed by atoms with Crippen molar-refractivity contribution in [3.05, 3.63) is 24.3 Å². The summed E-state index contributed by atoms with van der Waals surface area (Å²) in [5.41, 5.74) is 0.748. The van der Waals surface area contributed by atoms with E-state index < -0.39 is 11.9 Å². The Labute approximate surface area is 130 Å². The van der Waals surface area contributed by atoms with Crippen LogP contribution in [0.5, 0.6) is 5.75 Å². The van der Waals surface area contributed by atoms with E-state index in [-0.39, 0.29) is 24.9 Å². The van der Waals surface area contributed by atoms with E-state index in [2.05, 4.69) is 5.32 Å².